The van der Waals surface area contributed by atoms with Crippen molar-refractivity contribution in [2.75, 3.05) is 5.75 Å². The molecule has 0 aliphatic carbocycles. The Morgan fingerprint density at radius 1 is 1.50 bits per heavy atom. The van der Waals surface area contributed by atoms with Gasteiger partial charge in [-0.15, -0.1) is 0 Å². The van der Waals surface area contributed by atoms with Gasteiger partial charge in [0.25, 0.3) is 0 Å². The number of aromatic nitrogens is 1. The van der Waals surface area contributed by atoms with Gasteiger partial charge in [-0.05, 0) is 17.7 Å². The van der Waals surface area contributed by atoms with E-state index in [0.29, 0.717) is 12.3 Å². The van der Waals surface area contributed by atoms with Crippen LogP contribution in [0.15, 0.2) is 24.5 Å². The quantitative estimate of drug-likeness (QED) is 0.754. The van der Waals surface area contributed by atoms with E-state index in [1.165, 1.54) is 0 Å². The van der Waals surface area contributed by atoms with Crippen LogP contribution in [0.3, 0.4) is 0 Å². The first-order valence-electron chi connectivity index (χ1n) is 3.83. The van der Waals surface area contributed by atoms with Gasteiger partial charge in [0, 0.05) is 24.7 Å². The molecule has 1 aromatic heterocycles. The Labute approximate surface area is 74.8 Å². The molecule has 1 rings (SSSR count). The lowest BCUT2D eigenvalue weighted by Crippen LogP contribution is -2.17. The summed E-state index contributed by atoms with van der Waals surface area (Å²) in [5.41, 5.74) is 1.10. The lowest BCUT2D eigenvalue weighted by molar-refractivity contribution is 0.672. The second-order valence-corrected chi connectivity index (χ2v) is 3.87. The van der Waals surface area contributed by atoms with Crippen LogP contribution in [-0.2, 0) is 17.5 Å². The average molecular weight is 184 g/mol. The van der Waals surface area contributed by atoms with Crippen LogP contribution in [0.2, 0.25) is 0 Å². The van der Waals surface area contributed by atoms with Crippen LogP contribution < -0.4 is 4.72 Å². The first-order chi connectivity index (χ1) is 5.83. The molecule has 1 atom stereocenters. The summed E-state index contributed by atoms with van der Waals surface area (Å²) in [5.74, 6) is 0.644. The summed E-state index contributed by atoms with van der Waals surface area (Å²) in [6, 6.07) is 3.81. The second kappa shape index (κ2) is 5.00. The third-order valence-corrected chi connectivity index (χ3v) is 2.44. The maximum absolute atomic E-state index is 11.0. The minimum Gasteiger partial charge on any atom is -0.265 e. The predicted molar refractivity (Wildman–Crippen MR) is 49.8 cm³/mol. The van der Waals surface area contributed by atoms with Crippen molar-refractivity contribution in [3.63, 3.8) is 0 Å². The largest absolute Gasteiger partial charge is 0.265 e. The normalized spacial score (nSPS) is 12.8. The molecule has 0 aliphatic heterocycles. The summed E-state index contributed by atoms with van der Waals surface area (Å²) < 4.78 is 13.9. The highest BCUT2D eigenvalue weighted by atomic mass is 32.2. The summed E-state index contributed by atoms with van der Waals surface area (Å²) >= 11 is 0. The van der Waals surface area contributed by atoms with Crippen LogP contribution >= 0.6 is 0 Å². The molecule has 4 heteroatoms. The standard InChI is InChI=1S/C8H12N2OS/c1-2-12(11)10-7-8-3-5-9-6-4-8/h3-6,10H,2,7H2,1H3. The molecule has 1 aromatic rings. The highest BCUT2D eigenvalue weighted by Gasteiger charge is 1.94. The van der Waals surface area contributed by atoms with Crippen LogP contribution in [-0.4, -0.2) is 14.9 Å². The van der Waals surface area contributed by atoms with Gasteiger partial charge in [0.1, 0.15) is 0 Å². The third kappa shape index (κ3) is 3.11. The number of hydrogen-bond acceptors (Lipinski definition) is 2. The summed E-state index contributed by atoms with van der Waals surface area (Å²) in [6.45, 7) is 2.53. The molecule has 1 N–H and O–H groups in total. The van der Waals surface area contributed by atoms with Gasteiger partial charge < -0.3 is 0 Å². The van der Waals surface area contributed by atoms with E-state index >= 15 is 0 Å². The molecular formula is C8H12N2OS. The van der Waals surface area contributed by atoms with Crippen molar-refractivity contribution in [2.45, 2.75) is 13.5 Å². The number of hydrogen-bond donors (Lipinski definition) is 1. The average Bonchev–Trinajstić information content (AvgIpc) is 2.16. The van der Waals surface area contributed by atoms with Gasteiger partial charge in [-0.2, -0.15) is 0 Å². The van der Waals surface area contributed by atoms with E-state index < -0.39 is 11.0 Å². The first-order valence-corrected chi connectivity index (χ1v) is 5.15. The summed E-state index contributed by atoms with van der Waals surface area (Å²) in [7, 11) is -0.898. The summed E-state index contributed by atoms with van der Waals surface area (Å²) in [4.78, 5) is 3.89. The maximum Gasteiger partial charge on any atom is 0.0915 e. The molecule has 0 bridgehead atoms. The fourth-order valence-electron chi connectivity index (χ4n) is 0.767. The molecule has 0 saturated carbocycles. The Morgan fingerprint density at radius 2 is 2.17 bits per heavy atom. The fourth-order valence-corrected chi connectivity index (χ4v) is 1.30. The molecule has 3 nitrogen and oxygen atoms in total. The van der Waals surface area contributed by atoms with Crippen LogP contribution in [0.4, 0.5) is 0 Å². The Hall–Kier alpha value is -0.740. The van der Waals surface area contributed by atoms with Crippen molar-refractivity contribution < 1.29 is 4.21 Å². The third-order valence-electron chi connectivity index (χ3n) is 1.45. The van der Waals surface area contributed by atoms with Gasteiger partial charge in [0.2, 0.25) is 0 Å². The minimum absolute atomic E-state index is 0.642. The van der Waals surface area contributed by atoms with Crippen molar-refractivity contribution >= 4 is 11.0 Å². The number of nitrogens with zero attached hydrogens (tertiary/aromatic N) is 1. The van der Waals surface area contributed by atoms with E-state index in [4.69, 9.17) is 0 Å². The van der Waals surface area contributed by atoms with Crippen molar-refractivity contribution in [1.29, 1.82) is 0 Å². The van der Waals surface area contributed by atoms with E-state index in [9.17, 15) is 4.21 Å². The van der Waals surface area contributed by atoms with Gasteiger partial charge in [-0.1, -0.05) is 6.92 Å². The molecule has 0 saturated heterocycles. The van der Waals surface area contributed by atoms with Crippen molar-refractivity contribution in [1.82, 2.24) is 9.71 Å². The summed E-state index contributed by atoms with van der Waals surface area (Å²) in [5, 5.41) is 0. The maximum atomic E-state index is 11.0. The van der Waals surface area contributed by atoms with Gasteiger partial charge in [-0.25, -0.2) is 8.93 Å². The Morgan fingerprint density at radius 3 is 2.75 bits per heavy atom. The van der Waals surface area contributed by atoms with Gasteiger partial charge >= 0.3 is 0 Å². The Bertz CT molecular complexity index is 250. The molecule has 0 fully saturated rings. The SMILES string of the molecule is CCS(=O)NCc1ccncc1. The molecule has 66 valence electrons. The van der Waals surface area contributed by atoms with E-state index in [2.05, 4.69) is 9.71 Å². The van der Waals surface area contributed by atoms with Crippen LogP contribution in [0.25, 0.3) is 0 Å². The highest BCUT2D eigenvalue weighted by molar-refractivity contribution is 7.82. The zero-order valence-electron chi connectivity index (χ0n) is 6.99. The van der Waals surface area contributed by atoms with Crippen molar-refractivity contribution in [3.05, 3.63) is 30.1 Å². The first kappa shape index (κ1) is 9.35. The Balaban J connectivity index is 2.38. The highest BCUT2D eigenvalue weighted by Crippen LogP contribution is 1.94. The van der Waals surface area contributed by atoms with Gasteiger partial charge in [-0.3, -0.25) is 4.98 Å². The van der Waals surface area contributed by atoms with Gasteiger partial charge in [0.15, 0.2) is 0 Å². The van der Waals surface area contributed by atoms with Crippen LogP contribution in [0, 0.1) is 0 Å². The van der Waals surface area contributed by atoms with E-state index in [0.717, 1.165) is 5.56 Å². The number of pyridine rings is 1. The lowest BCUT2D eigenvalue weighted by atomic mass is 10.3. The van der Waals surface area contributed by atoms with E-state index in [1.54, 1.807) is 12.4 Å². The van der Waals surface area contributed by atoms with Gasteiger partial charge in [0.05, 0.1) is 11.0 Å². The molecule has 0 aromatic carbocycles. The molecule has 0 radical (unpaired) electrons. The smallest absolute Gasteiger partial charge is 0.0915 e. The second-order valence-electron chi connectivity index (χ2n) is 2.31. The molecule has 1 heterocycles. The van der Waals surface area contributed by atoms with Crippen molar-refractivity contribution in [2.24, 2.45) is 0 Å². The van der Waals surface area contributed by atoms with E-state index in [-0.39, 0.29) is 0 Å². The molecule has 1 unspecified atom stereocenters. The molecule has 0 amide bonds. The molecular weight excluding hydrogens is 172 g/mol. The zero-order chi connectivity index (χ0) is 8.81. The lowest BCUT2D eigenvalue weighted by Gasteiger charge is -2.01. The number of nitrogens with one attached hydrogen (secondary N) is 1. The molecule has 0 spiro atoms. The Kier molecular flexibility index (Phi) is 3.90. The van der Waals surface area contributed by atoms with Crippen LogP contribution in [0.5, 0.6) is 0 Å². The van der Waals surface area contributed by atoms with Crippen molar-refractivity contribution in [3.8, 4) is 0 Å². The predicted octanol–water partition coefficient (Wildman–Crippen LogP) is 0.855. The monoisotopic (exact) mass is 184 g/mol. The topological polar surface area (TPSA) is 42.0 Å². The minimum atomic E-state index is -0.898. The molecule has 0 aliphatic rings. The van der Waals surface area contributed by atoms with E-state index in [1.807, 2.05) is 19.1 Å². The number of rotatable bonds is 4. The zero-order valence-corrected chi connectivity index (χ0v) is 7.80. The summed E-state index contributed by atoms with van der Waals surface area (Å²) in [6.07, 6.45) is 3.46. The van der Waals surface area contributed by atoms with Crippen LogP contribution in [0.1, 0.15) is 12.5 Å². The fraction of sp³-hybridized carbons (Fsp3) is 0.375. The molecule has 12 heavy (non-hydrogen) atoms.